The molecule has 1 aromatic carbocycles. The van der Waals surface area contributed by atoms with Crippen LogP contribution in [0, 0.1) is 0 Å². The maximum absolute atomic E-state index is 12.0. The lowest BCUT2D eigenvalue weighted by atomic mass is 10.0. The zero-order valence-electron chi connectivity index (χ0n) is 9.87. The van der Waals surface area contributed by atoms with E-state index in [9.17, 15) is 8.42 Å². The van der Waals surface area contributed by atoms with Crippen LogP contribution >= 0.6 is 15.9 Å². The minimum Gasteiger partial charge on any atom is -0.385 e. The van der Waals surface area contributed by atoms with E-state index in [4.69, 9.17) is 0 Å². The first-order valence-electron chi connectivity index (χ1n) is 5.69. The number of rotatable bonds is 4. The number of anilines is 1. The number of hydrogen-bond acceptors (Lipinski definition) is 3. The van der Waals surface area contributed by atoms with Crippen LogP contribution in [0.4, 0.5) is 5.69 Å². The van der Waals surface area contributed by atoms with Gasteiger partial charge in [0.25, 0.3) is 0 Å². The molecule has 0 spiro atoms. The van der Waals surface area contributed by atoms with Crippen molar-refractivity contribution in [3.8, 4) is 0 Å². The highest BCUT2D eigenvalue weighted by molar-refractivity contribution is 9.11. The summed E-state index contributed by atoms with van der Waals surface area (Å²) in [4.78, 5) is 0.282. The van der Waals surface area contributed by atoms with Crippen LogP contribution in [-0.2, 0) is 16.4 Å². The minimum absolute atomic E-state index is 0.187. The van der Waals surface area contributed by atoms with Gasteiger partial charge < -0.3 is 5.32 Å². The van der Waals surface area contributed by atoms with Crippen LogP contribution in [0.3, 0.4) is 0 Å². The molecule has 1 heterocycles. The average molecular weight is 331 g/mol. The fraction of sp³-hybridized carbons (Fsp3) is 0.333. The van der Waals surface area contributed by atoms with E-state index in [1.165, 1.54) is 5.56 Å². The van der Waals surface area contributed by atoms with Gasteiger partial charge in [0, 0.05) is 23.3 Å². The van der Waals surface area contributed by atoms with E-state index >= 15 is 0 Å². The Morgan fingerprint density at radius 3 is 3.00 bits per heavy atom. The molecule has 0 aromatic heterocycles. The van der Waals surface area contributed by atoms with E-state index < -0.39 is 10.0 Å². The van der Waals surface area contributed by atoms with Crippen LogP contribution in [0.15, 0.2) is 34.2 Å². The van der Waals surface area contributed by atoms with Crippen molar-refractivity contribution in [2.75, 3.05) is 18.4 Å². The fourth-order valence-electron chi connectivity index (χ4n) is 1.86. The number of halogens is 1. The highest BCUT2D eigenvalue weighted by Crippen LogP contribution is 2.25. The van der Waals surface area contributed by atoms with Crippen molar-refractivity contribution in [2.24, 2.45) is 0 Å². The Bertz CT molecular complexity index is 569. The lowest BCUT2D eigenvalue weighted by Gasteiger charge is -2.18. The third kappa shape index (κ3) is 3.13. The van der Waals surface area contributed by atoms with Gasteiger partial charge in [-0.1, -0.05) is 28.6 Å². The van der Waals surface area contributed by atoms with Crippen molar-refractivity contribution in [1.29, 1.82) is 0 Å². The molecule has 1 aliphatic heterocycles. The molecule has 2 N–H and O–H groups in total. The maximum Gasteiger partial charge on any atom is 0.240 e. The Labute approximate surface area is 116 Å². The molecule has 98 valence electrons. The Hall–Kier alpha value is -0.850. The molecule has 4 nitrogen and oxygen atoms in total. The first-order chi connectivity index (χ1) is 8.49. The summed E-state index contributed by atoms with van der Waals surface area (Å²) in [5, 5.41) is 3.22. The molecule has 1 aromatic rings. The van der Waals surface area contributed by atoms with Crippen molar-refractivity contribution in [3.05, 3.63) is 34.8 Å². The molecule has 0 saturated carbocycles. The summed E-state index contributed by atoms with van der Waals surface area (Å²) in [6.07, 6.45) is 2.08. The van der Waals surface area contributed by atoms with Crippen molar-refractivity contribution in [2.45, 2.75) is 17.7 Å². The van der Waals surface area contributed by atoms with Crippen LogP contribution in [0.1, 0.15) is 12.0 Å². The third-order valence-corrected chi connectivity index (χ3v) is 4.46. The number of benzene rings is 1. The first kappa shape index (κ1) is 13.6. The van der Waals surface area contributed by atoms with Gasteiger partial charge in [0.2, 0.25) is 10.0 Å². The normalized spacial score (nSPS) is 14.7. The molecular weight excluding hydrogens is 316 g/mol. The summed E-state index contributed by atoms with van der Waals surface area (Å²) < 4.78 is 27.1. The summed E-state index contributed by atoms with van der Waals surface area (Å²) in [5.41, 5.74) is 2.09. The number of fused-ring (bicyclic) bond motifs is 1. The molecule has 0 saturated heterocycles. The predicted octanol–water partition coefficient (Wildman–Crippen LogP) is 2.23. The number of nitrogens with one attached hydrogen (secondary N) is 2. The Kier molecular flexibility index (Phi) is 4.09. The molecule has 0 aliphatic carbocycles. The van der Waals surface area contributed by atoms with Crippen LogP contribution in [-0.4, -0.2) is 21.5 Å². The van der Waals surface area contributed by atoms with E-state index in [1.807, 2.05) is 6.07 Å². The zero-order chi connectivity index (χ0) is 13.2. The molecule has 0 bridgehead atoms. The topological polar surface area (TPSA) is 58.2 Å². The van der Waals surface area contributed by atoms with Gasteiger partial charge in [0.15, 0.2) is 0 Å². The Morgan fingerprint density at radius 2 is 2.28 bits per heavy atom. The molecule has 0 radical (unpaired) electrons. The summed E-state index contributed by atoms with van der Waals surface area (Å²) in [5.74, 6) is 0. The largest absolute Gasteiger partial charge is 0.385 e. The molecule has 1 aliphatic rings. The summed E-state index contributed by atoms with van der Waals surface area (Å²) in [6, 6.07) is 5.21. The Balaban J connectivity index is 2.25. The van der Waals surface area contributed by atoms with E-state index in [1.54, 1.807) is 12.1 Å². The predicted molar refractivity (Wildman–Crippen MR) is 76.5 cm³/mol. The van der Waals surface area contributed by atoms with E-state index in [0.29, 0.717) is 4.48 Å². The first-order valence-corrected chi connectivity index (χ1v) is 7.96. The number of aryl methyl sites for hydroxylation is 1. The van der Waals surface area contributed by atoms with Gasteiger partial charge >= 0.3 is 0 Å². The molecular formula is C12H15BrN2O2S. The molecule has 0 unspecified atom stereocenters. The lowest BCUT2D eigenvalue weighted by molar-refractivity contribution is 0.585. The summed E-state index contributed by atoms with van der Waals surface area (Å²) >= 11 is 3.13. The number of sulfonamides is 1. The molecule has 2 rings (SSSR count). The second-order valence-corrected chi connectivity index (χ2v) is 7.08. The maximum atomic E-state index is 12.0. The number of hydrogen-bond donors (Lipinski definition) is 2. The third-order valence-electron chi connectivity index (χ3n) is 2.78. The monoisotopic (exact) mass is 330 g/mol. The van der Waals surface area contributed by atoms with Crippen molar-refractivity contribution in [3.63, 3.8) is 0 Å². The van der Waals surface area contributed by atoms with Crippen LogP contribution in [0.25, 0.3) is 0 Å². The quantitative estimate of drug-likeness (QED) is 0.890. The van der Waals surface area contributed by atoms with Crippen LogP contribution < -0.4 is 10.0 Å². The van der Waals surface area contributed by atoms with E-state index in [-0.39, 0.29) is 11.4 Å². The van der Waals surface area contributed by atoms with Gasteiger partial charge in [0.05, 0.1) is 4.90 Å². The zero-order valence-corrected chi connectivity index (χ0v) is 12.3. The van der Waals surface area contributed by atoms with E-state index in [0.717, 1.165) is 25.1 Å². The van der Waals surface area contributed by atoms with Gasteiger partial charge in [-0.05, 0) is 30.5 Å². The SMILES string of the molecule is C=C(Br)CNS(=O)(=O)c1ccc2c(c1)NCCC2. The fourth-order valence-corrected chi connectivity index (χ4v) is 3.24. The van der Waals surface area contributed by atoms with Gasteiger partial charge in [0.1, 0.15) is 0 Å². The molecule has 0 amide bonds. The minimum atomic E-state index is -3.47. The Morgan fingerprint density at radius 1 is 1.50 bits per heavy atom. The van der Waals surface area contributed by atoms with Crippen molar-refractivity contribution < 1.29 is 8.42 Å². The van der Waals surface area contributed by atoms with E-state index in [2.05, 4.69) is 32.5 Å². The second-order valence-electron chi connectivity index (χ2n) is 4.19. The summed E-state index contributed by atoms with van der Waals surface area (Å²) in [6.45, 7) is 4.68. The van der Waals surface area contributed by atoms with Crippen LogP contribution in [0.5, 0.6) is 0 Å². The highest BCUT2D eigenvalue weighted by atomic mass is 79.9. The molecule has 6 heteroatoms. The molecule has 0 fully saturated rings. The van der Waals surface area contributed by atoms with Gasteiger partial charge in [-0.2, -0.15) is 0 Å². The lowest BCUT2D eigenvalue weighted by Crippen LogP contribution is -2.25. The van der Waals surface area contributed by atoms with Gasteiger partial charge in [-0.15, -0.1) is 0 Å². The molecule has 18 heavy (non-hydrogen) atoms. The van der Waals surface area contributed by atoms with Gasteiger partial charge in [-0.3, -0.25) is 0 Å². The average Bonchev–Trinajstić information content (AvgIpc) is 2.36. The van der Waals surface area contributed by atoms with Crippen molar-refractivity contribution >= 4 is 31.6 Å². The van der Waals surface area contributed by atoms with Gasteiger partial charge in [-0.25, -0.2) is 13.1 Å². The molecule has 0 atom stereocenters. The highest BCUT2D eigenvalue weighted by Gasteiger charge is 2.17. The standard InChI is InChI=1S/C12H15BrN2O2S/c1-9(13)8-15-18(16,17)11-5-4-10-3-2-6-14-12(10)7-11/h4-5,7,14-15H,1-3,6,8H2. The van der Waals surface area contributed by atoms with Crippen LogP contribution in [0.2, 0.25) is 0 Å². The second kappa shape index (κ2) is 5.42. The summed E-state index contributed by atoms with van der Waals surface area (Å²) in [7, 11) is -3.47. The smallest absolute Gasteiger partial charge is 0.240 e. The van der Waals surface area contributed by atoms with Crippen molar-refractivity contribution in [1.82, 2.24) is 4.72 Å².